The van der Waals surface area contributed by atoms with Crippen molar-refractivity contribution < 1.29 is 18.7 Å². The molecule has 0 saturated carbocycles. The van der Waals surface area contributed by atoms with Gasteiger partial charge in [0.05, 0.1) is 0 Å². The highest BCUT2D eigenvalue weighted by Crippen LogP contribution is 2.26. The van der Waals surface area contributed by atoms with Crippen molar-refractivity contribution in [3.8, 4) is 0 Å². The summed E-state index contributed by atoms with van der Waals surface area (Å²) in [5.41, 5.74) is 5.60. The number of carbonyl (C=O) groups is 1. The molecule has 0 aliphatic carbocycles. The molecule has 0 aliphatic rings. The largest absolute Gasteiger partial charge is 0.481 e. The maximum absolute atomic E-state index is 13.4. The highest BCUT2D eigenvalue weighted by Gasteiger charge is 2.17. The van der Waals surface area contributed by atoms with Crippen molar-refractivity contribution >= 4 is 17.6 Å². The van der Waals surface area contributed by atoms with Crippen molar-refractivity contribution in [3.63, 3.8) is 0 Å². The van der Waals surface area contributed by atoms with Gasteiger partial charge in [0.15, 0.2) is 0 Å². The fourth-order valence-corrected chi connectivity index (χ4v) is 1.43. The van der Waals surface area contributed by atoms with Crippen LogP contribution in [-0.4, -0.2) is 11.1 Å². The lowest BCUT2D eigenvalue weighted by atomic mass is 10.0. The molecule has 0 aliphatic heterocycles. The fraction of sp³-hybridized carbons (Fsp3) is 0.300. The Labute approximate surface area is 95.8 Å². The molecular weight excluding hydrogens is 240 g/mol. The van der Waals surface area contributed by atoms with E-state index in [1.807, 2.05) is 0 Å². The third-order valence-electron chi connectivity index (χ3n) is 2.13. The predicted octanol–water partition coefficient (Wildman–Crippen LogP) is 2.48. The zero-order valence-corrected chi connectivity index (χ0v) is 8.97. The smallest absolute Gasteiger partial charge is 0.303 e. The summed E-state index contributed by atoms with van der Waals surface area (Å²) in [6.45, 7) is 0. The van der Waals surface area contributed by atoms with Gasteiger partial charge in [-0.25, -0.2) is 8.78 Å². The van der Waals surface area contributed by atoms with Crippen molar-refractivity contribution in [1.82, 2.24) is 0 Å². The molecule has 0 fully saturated rings. The molecule has 1 rings (SSSR count). The molecule has 0 radical (unpaired) electrons. The molecule has 1 aromatic rings. The lowest BCUT2D eigenvalue weighted by Crippen LogP contribution is -2.14. The van der Waals surface area contributed by atoms with Gasteiger partial charge in [0.2, 0.25) is 0 Å². The number of rotatable bonds is 4. The first kappa shape index (κ1) is 12.9. The summed E-state index contributed by atoms with van der Waals surface area (Å²) in [6, 6.07) is 1.36. The summed E-state index contributed by atoms with van der Waals surface area (Å²) in [5, 5.41) is 7.82. The van der Waals surface area contributed by atoms with Gasteiger partial charge in [-0.15, -0.1) is 0 Å². The predicted molar refractivity (Wildman–Crippen MR) is 55.2 cm³/mol. The highest BCUT2D eigenvalue weighted by molar-refractivity contribution is 6.30. The second-order valence-electron chi connectivity index (χ2n) is 3.30. The van der Waals surface area contributed by atoms with E-state index in [4.69, 9.17) is 22.4 Å². The van der Waals surface area contributed by atoms with Crippen molar-refractivity contribution in [2.75, 3.05) is 0 Å². The quantitative estimate of drug-likeness (QED) is 0.806. The van der Waals surface area contributed by atoms with Crippen LogP contribution in [0.1, 0.15) is 24.4 Å². The lowest BCUT2D eigenvalue weighted by Gasteiger charge is -2.12. The van der Waals surface area contributed by atoms with Crippen molar-refractivity contribution in [3.05, 3.63) is 34.4 Å². The molecule has 0 amide bonds. The van der Waals surface area contributed by atoms with Crippen LogP contribution in [0.4, 0.5) is 8.78 Å². The summed E-state index contributed by atoms with van der Waals surface area (Å²) >= 11 is 5.37. The minimum atomic E-state index is -1.02. The van der Waals surface area contributed by atoms with E-state index in [1.54, 1.807) is 0 Å². The van der Waals surface area contributed by atoms with E-state index in [9.17, 15) is 13.6 Å². The lowest BCUT2D eigenvalue weighted by molar-refractivity contribution is -0.137. The molecule has 0 heterocycles. The van der Waals surface area contributed by atoms with E-state index in [0.717, 1.165) is 6.07 Å². The van der Waals surface area contributed by atoms with Gasteiger partial charge in [0.1, 0.15) is 16.7 Å². The number of halogens is 3. The van der Waals surface area contributed by atoms with Crippen LogP contribution in [0.3, 0.4) is 0 Å². The Bertz CT molecular complexity index is 412. The average Bonchev–Trinajstić information content (AvgIpc) is 2.23. The summed E-state index contributed by atoms with van der Waals surface area (Å²) < 4.78 is 26.3. The van der Waals surface area contributed by atoms with Gasteiger partial charge in [-0.05, 0) is 12.5 Å². The molecule has 1 atom stereocenters. The SMILES string of the molecule is NC(CCC(=O)O)c1ccc(F)c(Cl)c1F. The molecule has 3 N–H and O–H groups in total. The Hall–Kier alpha value is -1.20. The third kappa shape index (κ3) is 2.90. The van der Waals surface area contributed by atoms with E-state index in [1.165, 1.54) is 6.07 Å². The van der Waals surface area contributed by atoms with E-state index < -0.39 is 28.7 Å². The second kappa shape index (κ2) is 5.23. The first-order chi connectivity index (χ1) is 7.43. The molecule has 0 aromatic heterocycles. The Morgan fingerprint density at radius 2 is 2.12 bits per heavy atom. The van der Waals surface area contributed by atoms with Gasteiger partial charge in [-0.3, -0.25) is 4.79 Å². The van der Waals surface area contributed by atoms with Gasteiger partial charge < -0.3 is 10.8 Å². The zero-order valence-electron chi connectivity index (χ0n) is 8.21. The van der Waals surface area contributed by atoms with E-state index in [0.29, 0.717) is 0 Å². The van der Waals surface area contributed by atoms with Crippen LogP contribution >= 0.6 is 11.6 Å². The molecule has 0 spiro atoms. The van der Waals surface area contributed by atoms with Crippen molar-refractivity contribution in [1.29, 1.82) is 0 Å². The van der Waals surface area contributed by atoms with Crippen LogP contribution in [-0.2, 0) is 4.79 Å². The molecule has 1 aromatic carbocycles. The molecule has 0 saturated heterocycles. The minimum absolute atomic E-state index is 0.0210. The molecule has 0 bridgehead atoms. The maximum Gasteiger partial charge on any atom is 0.303 e. The molecule has 1 unspecified atom stereocenters. The van der Waals surface area contributed by atoms with Gasteiger partial charge in [-0.1, -0.05) is 17.7 Å². The minimum Gasteiger partial charge on any atom is -0.481 e. The number of nitrogens with two attached hydrogens (primary N) is 1. The number of carboxylic acid groups (broad SMARTS) is 1. The first-order valence-electron chi connectivity index (χ1n) is 4.54. The number of benzene rings is 1. The zero-order chi connectivity index (χ0) is 12.3. The highest BCUT2D eigenvalue weighted by atomic mass is 35.5. The van der Waals surface area contributed by atoms with Crippen LogP contribution in [0.2, 0.25) is 5.02 Å². The number of carboxylic acids is 1. The van der Waals surface area contributed by atoms with Crippen LogP contribution in [0.25, 0.3) is 0 Å². The summed E-state index contributed by atoms with van der Waals surface area (Å²) in [4.78, 5) is 10.3. The van der Waals surface area contributed by atoms with Gasteiger partial charge >= 0.3 is 5.97 Å². The second-order valence-corrected chi connectivity index (χ2v) is 3.68. The molecule has 16 heavy (non-hydrogen) atoms. The first-order valence-corrected chi connectivity index (χ1v) is 4.92. The van der Waals surface area contributed by atoms with Crippen molar-refractivity contribution in [2.24, 2.45) is 5.73 Å². The molecular formula is C10H10ClF2NO2. The Morgan fingerprint density at radius 3 is 2.69 bits per heavy atom. The topological polar surface area (TPSA) is 63.3 Å². The standard InChI is InChI=1S/C10H10ClF2NO2/c11-9-6(12)2-1-5(10(9)13)7(14)3-4-8(15)16/h1-2,7H,3-4,14H2,(H,15,16). The molecule has 88 valence electrons. The third-order valence-corrected chi connectivity index (χ3v) is 2.48. The van der Waals surface area contributed by atoms with E-state index in [2.05, 4.69) is 0 Å². The normalized spacial score (nSPS) is 12.5. The van der Waals surface area contributed by atoms with Crippen LogP contribution in [0, 0.1) is 11.6 Å². The molecule has 3 nitrogen and oxygen atoms in total. The van der Waals surface area contributed by atoms with Crippen LogP contribution < -0.4 is 5.73 Å². The van der Waals surface area contributed by atoms with E-state index >= 15 is 0 Å². The van der Waals surface area contributed by atoms with Crippen molar-refractivity contribution in [2.45, 2.75) is 18.9 Å². The summed E-state index contributed by atoms with van der Waals surface area (Å²) in [7, 11) is 0. The fourth-order valence-electron chi connectivity index (χ4n) is 1.26. The number of hydrogen-bond donors (Lipinski definition) is 2. The van der Waals surface area contributed by atoms with Gasteiger partial charge in [0.25, 0.3) is 0 Å². The number of aliphatic carboxylic acids is 1. The summed E-state index contributed by atoms with van der Waals surface area (Å²) in [5.74, 6) is -2.82. The Balaban J connectivity index is 2.87. The van der Waals surface area contributed by atoms with Crippen LogP contribution in [0.15, 0.2) is 12.1 Å². The molecule has 6 heteroatoms. The Morgan fingerprint density at radius 1 is 1.50 bits per heavy atom. The maximum atomic E-state index is 13.4. The van der Waals surface area contributed by atoms with Gasteiger partial charge in [-0.2, -0.15) is 0 Å². The Kier molecular flexibility index (Phi) is 4.20. The van der Waals surface area contributed by atoms with E-state index in [-0.39, 0.29) is 18.4 Å². The number of hydrogen-bond acceptors (Lipinski definition) is 2. The average molecular weight is 250 g/mol. The van der Waals surface area contributed by atoms with Crippen LogP contribution in [0.5, 0.6) is 0 Å². The summed E-state index contributed by atoms with van der Waals surface area (Å²) in [6.07, 6.45) is -0.121. The van der Waals surface area contributed by atoms with Gasteiger partial charge in [0, 0.05) is 18.0 Å². The monoisotopic (exact) mass is 249 g/mol.